The summed E-state index contributed by atoms with van der Waals surface area (Å²) < 4.78 is 5.33. The quantitative estimate of drug-likeness (QED) is 0.699. The monoisotopic (exact) mass is 451 g/mol. The van der Waals surface area contributed by atoms with Crippen molar-refractivity contribution in [1.29, 1.82) is 0 Å². The van der Waals surface area contributed by atoms with Crippen LogP contribution in [0.2, 0.25) is 0 Å². The van der Waals surface area contributed by atoms with E-state index in [0.29, 0.717) is 36.8 Å². The third-order valence-electron chi connectivity index (χ3n) is 5.76. The van der Waals surface area contributed by atoms with Crippen molar-refractivity contribution in [3.8, 4) is 0 Å². The number of ether oxygens (including phenoxy) is 1. The fraction of sp³-hybridized carbons (Fsp3) is 0.375. The van der Waals surface area contributed by atoms with E-state index >= 15 is 0 Å². The summed E-state index contributed by atoms with van der Waals surface area (Å²) >= 11 is 0. The SMILES string of the molecule is Cc1ccc(NC(=O)N2CC(=O)N(CC(=O)NCCN3CCOCC3)c3ccccc32)cc1. The number of nitrogens with one attached hydrogen (secondary N) is 2. The summed E-state index contributed by atoms with van der Waals surface area (Å²) in [6, 6.07) is 14.2. The number of aryl methyl sites for hydroxylation is 1. The van der Waals surface area contributed by atoms with Gasteiger partial charge in [0.05, 0.1) is 24.6 Å². The van der Waals surface area contributed by atoms with Crippen LogP contribution in [-0.2, 0) is 14.3 Å². The Labute approximate surface area is 193 Å². The lowest BCUT2D eigenvalue weighted by Crippen LogP contribution is -2.52. The van der Waals surface area contributed by atoms with Gasteiger partial charge in [0.2, 0.25) is 11.8 Å². The van der Waals surface area contributed by atoms with Crippen LogP contribution in [0.4, 0.5) is 21.9 Å². The van der Waals surface area contributed by atoms with E-state index in [0.717, 1.165) is 25.2 Å². The van der Waals surface area contributed by atoms with Gasteiger partial charge in [0.15, 0.2) is 0 Å². The van der Waals surface area contributed by atoms with Crippen LogP contribution in [0.1, 0.15) is 5.56 Å². The molecule has 9 heteroatoms. The molecule has 1 saturated heterocycles. The van der Waals surface area contributed by atoms with E-state index in [1.807, 2.05) is 31.2 Å². The van der Waals surface area contributed by atoms with Gasteiger partial charge in [-0.1, -0.05) is 29.8 Å². The van der Waals surface area contributed by atoms with Gasteiger partial charge in [0.1, 0.15) is 13.1 Å². The van der Waals surface area contributed by atoms with Gasteiger partial charge in [-0.2, -0.15) is 0 Å². The molecule has 0 saturated carbocycles. The fourth-order valence-corrected chi connectivity index (χ4v) is 3.92. The van der Waals surface area contributed by atoms with E-state index in [2.05, 4.69) is 15.5 Å². The summed E-state index contributed by atoms with van der Waals surface area (Å²) in [6.07, 6.45) is 0. The van der Waals surface area contributed by atoms with Gasteiger partial charge < -0.3 is 15.4 Å². The molecule has 2 heterocycles. The van der Waals surface area contributed by atoms with Gasteiger partial charge in [-0.3, -0.25) is 24.3 Å². The summed E-state index contributed by atoms with van der Waals surface area (Å²) in [5.74, 6) is -0.542. The van der Waals surface area contributed by atoms with Crippen molar-refractivity contribution in [2.24, 2.45) is 0 Å². The molecule has 2 aromatic rings. The normalized spacial score (nSPS) is 16.3. The zero-order valence-corrected chi connectivity index (χ0v) is 18.8. The second-order valence-electron chi connectivity index (χ2n) is 8.15. The van der Waals surface area contributed by atoms with Gasteiger partial charge in [0, 0.05) is 31.9 Å². The Morgan fingerprint density at radius 1 is 1.00 bits per heavy atom. The molecule has 0 bridgehead atoms. The summed E-state index contributed by atoms with van der Waals surface area (Å²) in [7, 11) is 0. The molecule has 2 aliphatic rings. The maximum Gasteiger partial charge on any atom is 0.326 e. The van der Waals surface area contributed by atoms with E-state index in [1.165, 1.54) is 9.80 Å². The highest BCUT2D eigenvalue weighted by Crippen LogP contribution is 2.33. The zero-order valence-electron chi connectivity index (χ0n) is 18.8. The highest BCUT2D eigenvalue weighted by atomic mass is 16.5. The van der Waals surface area contributed by atoms with Gasteiger partial charge in [-0.25, -0.2) is 4.79 Å². The average molecular weight is 452 g/mol. The lowest BCUT2D eigenvalue weighted by atomic mass is 10.1. The Morgan fingerprint density at radius 2 is 1.70 bits per heavy atom. The molecule has 4 rings (SSSR count). The molecule has 2 N–H and O–H groups in total. The number of nitrogens with zero attached hydrogens (tertiary/aromatic N) is 3. The molecule has 4 amide bonds. The molecule has 0 unspecified atom stereocenters. The zero-order chi connectivity index (χ0) is 23.2. The first-order chi connectivity index (χ1) is 16.0. The first-order valence-electron chi connectivity index (χ1n) is 11.1. The molecule has 0 aliphatic carbocycles. The van der Waals surface area contributed by atoms with E-state index < -0.39 is 6.03 Å². The van der Waals surface area contributed by atoms with Crippen molar-refractivity contribution < 1.29 is 19.1 Å². The molecule has 1 fully saturated rings. The minimum Gasteiger partial charge on any atom is -0.379 e. The summed E-state index contributed by atoms with van der Waals surface area (Å²) in [5.41, 5.74) is 2.86. The molecule has 2 aliphatic heterocycles. The van der Waals surface area contributed by atoms with Crippen LogP contribution in [0.15, 0.2) is 48.5 Å². The number of hydrogen-bond donors (Lipinski definition) is 2. The Kier molecular flexibility index (Phi) is 7.21. The largest absolute Gasteiger partial charge is 0.379 e. The number of benzene rings is 2. The van der Waals surface area contributed by atoms with Crippen molar-refractivity contribution in [2.45, 2.75) is 6.92 Å². The van der Waals surface area contributed by atoms with Crippen molar-refractivity contribution in [2.75, 3.05) is 67.6 Å². The molecule has 0 aromatic heterocycles. The van der Waals surface area contributed by atoms with Crippen LogP contribution in [0.25, 0.3) is 0 Å². The van der Waals surface area contributed by atoms with Gasteiger partial charge in [-0.15, -0.1) is 0 Å². The number of para-hydroxylation sites is 2. The van der Waals surface area contributed by atoms with Gasteiger partial charge in [0.25, 0.3) is 0 Å². The van der Waals surface area contributed by atoms with E-state index in [-0.39, 0.29) is 24.9 Å². The molecule has 174 valence electrons. The first-order valence-corrected chi connectivity index (χ1v) is 11.1. The van der Waals surface area contributed by atoms with Crippen molar-refractivity contribution in [3.05, 3.63) is 54.1 Å². The second kappa shape index (κ2) is 10.5. The fourth-order valence-electron chi connectivity index (χ4n) is 3.92. The number of amides is 4. The molecule has 33 heavy (non-hydrogen) atoms. The van der Waals surface area contributed by atoms with Gasteiger partial charge in [-0.05, 0) is 31.2 Å². The minimum absolute atomic E-state index is 0.0909. The maximum absolute atomic E-state index is 12.9. The Hall–Kier alpha value is -3.43. The number of carbonyl (C=O) groups is 3. The van der Waals surface area contributed by atoms with Crippen LogP contribution >= 0.6 is 0 Å². The molecule has 0 atom stereocenters. The molecule has 0 radical (unpaired) electrons. The van der Waals surface area contributed by atoms with E-state index in [4.69, 9.17) is 4.74 Å². The third-order valence-corrected chi connectivity index (χ3v) is 5.76. The highest BCUT2D eigenvalue weighted by Gasteiger charge is 2.33. The smallest absolute Gasteiger partial charge is 0.326 e. The summed E-state index contributed by atoms with van der Waals surface area (Å²) in [6.45, 7) is 6.12. The standard InChI is InChI=1S/C24H29N5O4/c1-18-6-8-19(9-7-18)26-24(32)29-17-23(31)28(20-4-2-3-5-21(20)29)16-22(30)25-10-11-27-12-14-33-15-13-27/h2-9H,10-17H2,1H3,(H,25,30)(H,26,32). The molecular formula is C24H29N5O4. The number of urea groups is 1. The summed E-state index contributed by atoms with van der Waals surface area (Å²) in [5, 5.41) is 5.73. The second-order valence-corrected chi connectivity index (χ2v) is 8.15. The highest BCUT2D eigenvalue weighted by molar-refractivity contribution is 6.15. The predicted molar refractivity (Wildman–Crippen MR) is 127 cm³/mol. The van der Waals surface area contributed by atoms with Crippen molar-refractivity contribution in [1.82, 2.24) is 10.2 Å². The molecule has 0 spiro atoms. The van der Waals surface area contributed by atoms with Crippen molar-refractivity contribution >= 4 is 34.9 Å². The first kappa shape index (κ1) is 22.8. The van der Waals surface area contributed by atoms with E-state index in [9.17, 15) is 14.4 Å². The number of fused-ring (bicyclic) bond motifs is 1. The molecule has 2 aromatic carbocycles. The van der Waals surface area contributed by atoms with E-state index in [1.54, 1.807) is 24.3 Å². The average Bonchev–Trinajstić information content (AvgIpc) is 2.83. The van der Waals surface area contributed by atoms with Crippen LogP contribution < -0.4 is 20.4 Å². The number of carbonyl (C=O) groups excluding carboxylic acids is 3. The Balaban J connectivity index is 1.39. The third kappa shape index (κ3) is 5.68. The number of hydrogen-bond acceptors (Lipinski definition) is 5. The number of morpholine rings is 1. The minimum atomic E-state index is -0.394. The summed E-state index contributed by atoms with van der Waals surface area (Å²) in [4.78, 5) is 43.5. The van der Waals surface area contributed by atoms with Gasteiger partial charge >= 0.3 is 6.03 Å². The van der Waals surface area contributed by atoms with Crippen LogP contribution in [0.3, 0.4) is 0 Å². The van der Waals surface area contributed by atoms with Crippen molar-refractivity contribution in [3.63, 3.8) is 0 Å². The maximum atomic E-state index is 12.9. The van der Waals surface area contributed by atoms with Crippen LogP contribution in [-0.4, -0.2) is 75.2 Å². The lowest BCUT2D eigenvalue weighted by molar-refractivity contribution is -0.123. The Bertz CT molecular complexity index is 1000. The number of anilines is 3. The Morgan fingerprint density at radius 3 is 2.42 bits per heavy atom. The molecule has 9 nitrogen and oxygen atoms in total. The van der Waals surface area contributed by atoms with Crippen LogP contribution in [0.5, 0.6) is 0 Å². The van der Waals surface area contributed by atoms with Crippen LogP contribution in [0, 0.1) is 6.92 Å². The lowest BCUT2D eigenvalue weighted by Gasteiger charge is -2.35. The topological polar surface area (TPSA) is 94.2 Å². The molecular weight excluding hydrogens is 422 g/mol. The predicted octanol–water partition coefficient (Wildman–Crippen LogP) is 1.83. The number of rotatable bonds is 6.